The van der Waals surface area contributed by atoms with Gasteiger partial charge in [-0.15, -0.1) is 0 Å². The average Bonchev–Trinajstić information content (AvgIpc) is 2.27. The van der Waals surface area contributed by atoms with E-state index in [4.69, 9.17) is 0 Å². The number of hydrogen-bond donors (Lipinski definition) is 0. The highest BCUT2D eigenvalue weighted by Crippen LogP contribution is 2.16. The molecule has 0 aliphatic carbocycles. The Bertz CT molecular complexity index is 475. The van der Waals surface area contributed by atoms with Crippen LogP contribution in [0.4, 0.5) is 0 Å². The van der Waals surface area contributed by atoms with Gasteiger partial charge in [0.1, 0.15) is 0 Å². The topological polar surface area (TPSA) is 25.8 Å². The van der Waals surface area contributed by atoms with Crippen molar-refractivity contribution in [1.82, 2.24) is 9.97 Å². The summed E-state index contributed by atoms with van der Waals surface area (Å²) in [5.74, 6) is 0.438. The molecule has 0 saturated carbocycles. The molecule has 0 unspecified atom stereocenters. The maximum absolute atomic E-state index is 4.59. The van der Waals surface area contributed by atoms with Crippen molar-refractivity contribution in [3.8, 4) is 0 Å². The van der Waals surface area contributed by atoms with E-state index in [1.807, 2.05) is 6.20 Å². The van der Waals surface area contributed by atoms with Crippen LogP contribution in [-0.2, 0) is 6.42 Å². The first-order valence-corrected chi connectivity index (χ1v) is 5.46. The van der Waals surface area contributed by atoms with Crippen molar-refractivity contribution in [2.45, 2.75) is 33.1 Å². The minimum absolute atomic E-state index is 0.438. The molecular weight excluding hydrogens is 184 g/mol. The van der Waals surface area contributed by atoms with E-state index in [0.717, 1.165) is 23.1 Å². The van der Waals surface area contributed by atoms with Gasteiger partial charge in [-0.2, -0.15) is 0 Å². The smallest absolute Gasteiger partial charge is 0.0890 e. The Morgan fingerprint density at radius 1 is 1.20 bits per heavy atom. The first kappa shape index (κ1) is 10.1. The summed E-state index contributed by atoms with van der Waals surface area (Å²) in [5.41, 5.74) is 4.37. The number of fused-ring (bicyclic) bond motifs is 1. The quantitative estimate of drug-likeness (QED) is 0.743. The van der Waals surface area contributed by atoms with Crippen LogP contribution in [-0.4, -0.2) is 9.97 Å². The van der Waals surface area contributed by atoms with Crippen molar-refractivity contribution in [3.63, 3.8) is 0 Å². The molecule has 0 atom stereocenters. The summed E-state index contributed by atoms with van der Waals surface area (Å²) in [6.07, 6.45) is 2.93. The molecule has 1 aromatic carbocycles. The zero-order valence-corrected chi connectivity index (χ0v) is 9.49. The molecule has 0 bridgehead atoms. The summed E-state index contributed by atoms with van der Waals surface area (Å²) in [6, 6.07) is 6.31. The minimum Gasteiger partial charge on any atom is -0.253 e. The first-order chi connectivity index (χ1) is 7.20. The van der Waals surface area contributed by atoms with Gasteiger partial charge in [0.2, 0.25) is 0 Å². The molecule has 2 rings (SSSR count). The predicted octanol–water partition coefficient (Wildman–Crippen LogP) is 3.32. The molecule has 2 heteroatoms. The molecule has 0 N–H and O–H groups in total. The Morgan fingerprint density at radius 3 is 2.67 bits per heavy atom. The molecule has 1 aromatic heterocycles. The molecule has 0 aliphatic rings. The fourth-order valence-corrected chi connectivity index (χ4v) is 1.57. The van der Waals surface area contributed by atoms with Gasteiger partial charge in [0.25, 0.3) is 0 Å². The minimum atomic E-state index is 0.438. The maximum atomic E-state index is 4.59. The summed E-state index contributed by atoms with van der Waals surface area (Å²) in [4.78, 5) is 9.04. The number of aromatic nitrogens is 2. The Hall–Kier alpha value is -1.44. The van der Waals surface area contributed by atoms with Gasteiger partial charge in [0.15, 0.2) is 0 Å². The van der Waals surface area contributed by atoms with E-state index in [9.17, 15) is 0 Å². The van der Waals surface area contributed by atoms with Gasteiger partial charge in [-0.3, -0.25) is 4.98 Å². The molecule has 0 fully saturated rings. The summed E-state index contributed by atoms with van der Waals surface area (Å²) in [6.45, 7) is 6.42. The van der Waals surface area contributed by atoms with E-state index in [1.165, 1.54) is 5.56 Å². The number of benzene rings is 1. The predicted molar refractivity (Wildman–Crippen MR) is 63.0 cm³/mol. The first-order valence-electron chi connectivity index (χ1n) is 5.46. The molecule has 78 valence electrons. The Labute approximate surface area is 90.4 Å². The largest absolute Gasteiger partial charge is 0.253 e. The second kappa shape index (κ2) is 3.97. The third kappa shape index (κ3) is 1.99. The van der Waals surface area contributed by atoms with Crippen molar-refractivity contribution in [3.05, 3.63) is 35.7 Å². The molecule has 0 amide bonds. The highest BCUT2D eigenvalue weighted by Gasteiger charge is 2.03. The lowest BCUT2D eigenvalue weighted by Crippen LogP contribution is -1.95. The summed E-state index contributed by atoms with van der Waals surface area (Å²) < 4.78 is 0. The van der Waals surface area contributed by atoms with Gasteiger partial charge in [-0.05, 0) is 30.0 Å². The van der Waals surface area contributed by atoms with Gasteiger partial charge in [0.05, 0.1) is 16.7 Å². The lowest BCUT2D eigenvalue weighted by atomic mass is 10.1. The lowest BCUT2D eigenvalue weighted by Gasteiger charge is -2.05. The van der Waals surface area contributed by atoms with E-state index >= 15 is 0 Å². The van der Waals surface area contributed by atoms with Crippen LogP contribution < -0.4 is 0 Å². The van der Waals surface area contributed by atoms with Crippen LogP contribution in [0.5, 0.6) is 0 Å². The molecule has 2 aromatic rings. The van der Waals surface area contributed by atoms with Crippen molar-refractivity contribution in [1.29, 1.82) is 0 Å². The third-order valence-electron chi connectivity index (χ3n) is 2.63. The molecule has 0 radical (unpaired) electrons. The zero-order valence-electron chi connectivity index (χ0n) is 9.49. The maximum Gasteiger partial charge on any atom is 0.0890 e. The van der Waals surface area contributed by atoms with E-state index < -0.39 is 0 Å². The van der Waals surface area contributed by atoms with Crippen LogP contribution in [0, 0.1) is 0 Å². The molecule has 0 saturated heterocycles. The van der Waals surface area contributed by atoms with Gasteiger partial charge in [-0.1, -0.05) is 26.8 Å². The van der Waals surface area contributed by atoms with Crippen LogP contribution in [0.2, 0.25) is 0 Å². The number of hydrogen-bond acceptors (Lipinski definition) is 2. The highest BCUT2D eigenvalue weighted by atomic mass is 14.8. The summed E-state index contributed by atoms with van der Waals surface area (Å²) in [7, 11) is 0. The van der Waals surface area contributed by atoms with Gasteiger partial charge < -0.3 is 0 Å². The van der Waals surface area contributed by atoms with Crippen LogP contribution in [0.1, 0.15) is 37.9 Å². The van der Waals surface area contributed by atoms with Gasteiger partial charge >= 0.3 is 0 Å². The fourth-order valence-electron chi connectivity index (χ4n) is 1.57. The fraction of sp³-hybridized carbons (Fsp3) is 0.385. The Morgan fingerprint density at radius 2 is 2.00 bits per heavy atom. The van der Waals surface area contributed by atoms with Crippen molar-refractivity contribution < 1.29 is 0 Å². The van der Waals surface area contributed by atoms with E-state index in [1.54, 1.807) is 0 Å². The molecular formula is C13H16N2. The van der Waals surface area contributed by atoms with E-state index in [-0.39, 0.29) is 0 Å². The summed E-state index contributed by atoms with van der Waals surface area (Å²) >= 11 is 0. The van der Waals surface area contributed by atoms with E-state index in [0.29, 0.717) is 5.92 Å². The number of aryl methyl sites for hydroxylation is 1. The molecule has 0 spiro atoms. The molecule has 2 nitrogen and oxygen atoms in total. The molecule has 1 heterocycles. The van der Waals surface area contributed by atoms with Crippen LogP contribution in [0.15, 0.2) is 24.4 Å². The summed E-state index contributed by atoms with van der Waals surface area (Å²) in [5, 5.41) is 0. The van der Waals surface area contributed by atoms with Crippen molar-refractivity contribution in [2.75, 3.05) is 0 Å². The molecule has 0 aliphatic heterocycles. The van der Waals surface area contributed by atoms with E-state index in [2.05, 4.69) is 48.9 Å². The zero-order chi connectivity index (χ0) is 10.8. The number of rotatable bonds is 2. The monoisotopic (exact) mass is 200 g/mol. The Kier molecular flexibility index (Phi) is 2.67. The SMILES string of the molecule is CCc1ccc2nc(C(C)C)cnc2c1. The second-order valence-electron chi connectivity index (χ2n) is 4.13. The highest BCUT2D eigenvalue weighted by molar-refractivity contribution is 5.74. The normalized spacial score (nSPS) is 11.2. The average molecular weight is 200 g/mol. The number of nitrogens with zero attached hydrogens (tertiary/aromatic N) is 2. The molecule has 15 heavy (non-hydrogen) atoms. The van der Waals surface area contributed by atoms with Crippen LogP contribution in [0.25, 0.3) is 11.0 Å². The second-order valence-corrected chi connectivity index (χ2v) is 4.13. The lowest BCUT2D eigenvalue weighted by molar-refractivity contribution is 0.822. The van der Waals surface area contributed by atoms with Crippen LogP contribution >= 0.6 is 0 Å². The Balaban J connectivity index is 2.55. The van der Waals surface area contributed by atoms with Gasteiger partial charge in [0, 0.05) is 6.20 Å². The van der Waals surface area contributed by atoms with Gasteiger partial charge in [-0.25, -0.2) is 4.98 Å². The third-order valence-corrected chi connectivity index (χ3v) is 2.63. The van der Waals surface area contributed by atoms with Crippen molar-refractivity contribution in [2.24, 2.45) is 0 Å². The van der Waals surface area contributed by atoms with Crippen molar-refractivity contribution >= 4 is 11.0 Å². The van der Waals surface area contributed by atoms with Crippen LogP contribution in [0.3, 0.4) is 0 Å². The standard InChI is InChI=1S/C13H16N2/c1-4-10-5-6-11-12(7-10)14-8-13(15-11)9(2)3/h5-9H,4H2,1-3H3.